The van der Waals surface area contributed by atoms with E-state index in [0.29, 0.717) is 5.75 Å². The van der Waals surface area contributed by atoms with E-state index in [-0.39, 0.29) is 29.4 Å². The van der Waals surface area contributed by atoms with Gasteiger partial charge in [0.2, 0.25) is 0 Å². The van der Waals surface area contributed by atoms with Crippen molar-refractivity contribution in [3.05, 3.63) is 47.0 Å². The number of aromatic carboxylic acids is 1. The molecular weight excluding hydrogens is 338 g/mol. The molecule has 0 unspecified atom stereocenters. The quantitative estimate of drug-likeness (QED) is 0.809. The smallest absolute Gasteiger partial charge is 0.262 e. The molecule has 1 N–H and O–H groups in total. The number of carbonyl (C=O) groups is 2. The SMILES string of the molecule is COc1cc(NC(=O)COc2cc(C)ccc2C)c(C(=O)[O-])cc1OC. The van der Waals surface area contributed by atoms with E-state index >= 15 is 0 Å². The van der Waals surface area contributed by atoms with Gasteiger partial charge in [-0.1, -0.05) is 12.1 Å². The van der Waals surface area contributed by atoms with E-state index < -0.39 is 11.9 Å². The molecule has 0 atom stereocenters. The lowest BCUT2D eigenvalue weighted by molar-refractivity contribution is -0.254. The lowest BCUT2D eigenvalue weighted by Crippen LogP contribution is -2.26. The Morgan fingerprint density at radius 1 is 1.00 bits per heavy atom. The van der Waals surface area contributed by atoms with E-state index in [9.17, 15) is 14.7 Å². The van der Waals surface area contributed by atoms with Crippen molar-refractivity contribution in [2.45, 2.75) is 13.8 Å². The molecule has 0 saturated heterocycles. The van der Waals surface area contributed by atoms with Crippen molar-refractivity contribution in [2.75, 3.05) is 26.1 Å². The van der Waals surface area contributed by atoms with Gasteiger partial charge in [-0.3, -0.25) is 4.79 Å². The lowest BCUT2D eigenvalue weighted by atomic mass is 10.1. The van der Waals surface area contributed by atoms with Gasteiger partial charge in [0.05, 0.1) is 25.9 Å². The van der Waals surface area contributed by atoms with E-state index in [1.807, 2.05) is 32.0 Å². The van der Waals surface area contributed by atoms with Gasteiger partial charge in [-0.25, -0.2) is 0 Å². The number of nitrogens with one attached hydrogen (secondary N) is 1. The van der Waals surface area contributed by atoms with Crippen LogP contribution in [0, 0.1) is 13.8 Å². The van der Waals surface area contributed by atoms with Crippen molar-refractivity contribution in [3.63, 3.8) is 0 Å². The molecule has 0 aliphatic rings. The number of ether oxygens (including phenoxy) is 3. The first-order chi connectivity index (χ1) is 12.3. The fourth-order valence-corrected chi connectivity index (χ4v) is 2.34. The summed E-state index contributed by atoms with van der Waals surface area (Å²) in [5.74, 6) is -0.871. The number of hydrogen-bond donors (Lipinski definition) is 1. The number of carboxylic acids is 1. The number of hydrogen-bond acceptors (Lipinski definition) is 6. The Balaban J connectivity index is 2.17. The molecule has 26 heavy (non-hydrogen) atoms. The minimum absolute atomic E-state index is 0.0391. The molecule has 0 radical (unpaired) electrons. The van der Waals surface area contributed by atoms with Gasteiger partial charge >= 0.3 is 0 Å². The van der Waals surface area contributed by atoms with E-state index in [1.54, 1.807) is 0 Å². The number of benzene rings is 2. The summed E-state index contributed by atoms with van der Waals surface area (Å²) in [5.41, 5.74) is 1.72. The van der Waals surface area contributed by atoms with Gasteiger partial charge in [0.25, 0.3) is 5.91 Å². The van der Waals surface area contributed by atoms with Crippen molar-refractivity contribution < 1.29 is 28.9 Å². The highest BCUT2D eigenvalue weighted by Gasteiger charge is 2.15. The van der Waals surface area contributed by atoms with Crippen molar-refractivity contribution in [1.29, 1.82) is 0 Å². The summed E-state index contributed by atoms with van der Waals surface area (Å²) >= 11 is 0. The summed E-state index contributed by atoms with van der Waals surface area (Å²) < 4.78 is 15.7. The molecule has 7 nitrogen and oxygen atoms in total. The van der Waals surface area contributed by atoms with Gasteiger partial charge in [-0.2, -0.15) is 0 Å². The van der Waals surface area contributed by atoms with Crippen LogP contribution in [0.3, 0.4) is 0 Å². The van der Waals surface area contributed by atoms with Gasteiger partial charge < -0.3 is 29.4 Å². The van der Waals surface area contributed by atoms with E-state index in [2.05, 4.69) is 5.32 Å². The topological polar surface area (TPSA) is 96.9 Å². The van der Waals surface area contributed by atoms with Crippen molar-refractivity contribution in [3.8, 4) is 17.2 Å². The Labute approximate surface area is 151 Å². The maximum atomic E-state index is 12.2. The van der Waals surface area contributed by atoms with Crippen molar-refractivity contribution in [2.24, 2.45) is 0 Å². The zero-order chi connectivity index (χ0) is 19.3. The molecule has 2 aromatic carbocycles. The molecule has 0 heterocycles. The maximum absolute atomic E-state index is 12.2. The number of carboxylic acid groups (broad SMARTS) is 1. The molecule has 0 spiro atoms. The second kappa shape index (κ2) is 8.24. The number of carbonyl (C=O) groups excluding carboxylic acids is 2. The lowest BCUT2D eigenvalue weighted by Gasteiger charge is -2.16. The fraction of sp³-hybridized carbons (Fsp3) is 0.263. The normalized spacial score (nSPS) is 10.2. The molecule has 7 heteroatoms. The predicted octanol–water partition coefficient (Wildman–Crippen LogP) is 1.70. The standard InChI is InChI=1S/C19H21NO6/c1-11-5-6-12(2)15(7-11)26-10-18(21)20-14-9-17(25-4)16(24-3)8-13(14)19(22)23/h5-9H,10H2,1-4H3,(H,20,21)(H,22,23)/p-1. The second-order valence-electron chi connectivity index (χ2n) is 5.65. The minimum Gasteiger partial charge on any atom is -0.545 e. The highest BCUT2D eigenvalue weighted by atomic mass is 16.5. The second-order valence-corrected chi connectivity index (χ2v) is 5.65. The van der Waals surface area contributed by atoms with Gasteiger partial charge in [0.15, 0.2) is 18.1 Å². The van der Waals surface area contributed by atoms with Crippen molar-refractivity contribution >= 4 is 17.6 Å². The van der Waals surface area contributed by atoms with Gasteiger partial charge in [-0.05, 0) is 37.1 Å². The Bertz CT molecular complexity index is 831. The molecule has 0 fully saturated rings. The molecule has 2 rings (SSSR count). The summed E-state index contributed by atoms with van der Waals surface area (Å²) in [4.78, 5) is 23.5. The van der Waals surface area contributed by atoms with Crippen LogP contribution in [-0.4, -0.2) is 32.7 Å². The summed E-state index contributed by atoms with van der Waals surface area (Å²) in [7, 11) is 2.79. The van der Waals surface area contributed by atoms with Crippen LogP contribution >= 0.6 is 0 Å². The van der Waals surface area contributed by atoms with E-state index in [4.69, 9.17) is 14.2 Å². The van der Waals surface area contributed by atoms with Crippen LogP contribution in [0.2, 0.25) is 0 Å². The molecule has 0 bridgehead atoms. The Morgan fingerprint density at radius 2 is 1.65 bits per heavy atom. The molecule has 0 saturated carbocycles. The first-order valence-electron chi connectivity index (χ1n) is 7.83. The third-order valence-electron chi connectivity index (χ3n) is 3.72. The summed E-state index contributed by atoms with van der Waals surface area (Å²) in [6.45, 7) is 3.52. The summed E-state index contributed by atoms with van der Waals surface area (Å²) in [5, 5.41) is 13.8. The highest BCUT2D eigenvalue weighted by Crippen LogP contribution is 2.33. The first kappa shape index (κ1) is 19.1. The summed E-state index contributed by atoms with van der Waals surface area (Å²) in [6.07, 6.45) is 0. The molecule has 2 aromatic rings. The summed E-state index contributed by atoms with van der Waals surface area (Å²) in [6, 6.07) is 8.25. The molecule has 1 amide bonds. The molecule has 0 aromatic heterocycles. The fourth-order valence-electron chi connectivity index (χ4n) is 2.34. The molecule has 0 aliphatic heterocycles. The zero-order valence-corrected chi connectivity index (χ0v) is 15.0. The van der Waals surface area contributed by atoms with Crippen LogP contribution < -0.4 is 24.6 Å². The van der Waals surface area contributed by atoms with Crippen LogP contribution in [0.4, 0.5) is 5.69 Å². The van der Waals surface area contributed by atoms with Crippen LogP contribution in [0.25, 0.3) is 0 Å². The third kappa shape index (κ3) is 4.44. The Morgan fingerprint density at radius 3 is 2.27 bits per heavy atom. The Kier molecular flexibility index (Phi) is 6.06. The van der Waals surface area contributed by atoms with E-state index in [1.165, 1.54) is 26.4 Å². The monoisotopic (exact) mass is 358 g/mol. The number of anilines is 1. The first-order valence-corrected chi connectivity index (χ1v) is 7.83. The van der Waals surface area contributed by atoms with Gasteiger partial charge in [-0.15, -0.1) is 0 Å². The molecular formula is C19H20NO6-. The number of aryl methyl sites for hydroxylation is 2. The van der Waals surface area contributed by atoms with Gasteiger partial charge in [0, 0.05) is 11.6 Å². The maximum Gasteiger partial charge on any atom is 0.262 e. The largest absolute Gasteiger partial charge is 0.545 e. The predicted molar refractivity (Wildman–Crippen MR) is 93.9 cm³/mol. The van der Waals surface area contributed by atoms with Crippen LogP contribution in [0.5, 0.6) is 17.2 Å². The van der Waals surface area contributed by atoms with Crippen LogP contribution in [-0.2, 0) is 4.79 Å². The minimum atomic E-state index is -1.45. The highest BCUT2D eigenvalue weighted by molar-refractivity contribution is 6.01. The average molecular weight is 358 g/mol. The van der Waals surface area contributed by atoms with Gasteiger partial charge in [0.1, 0.15) is 5.75 Å². The van der Waals surface area contributed by atoms with E-state index in [0.717, 1.165) is 11.1 Å². The molecule has 138 valence electrons. The third-order valence-corrected chi connectivity index (χ3v) is 3.72. The number of rotatable bonds is 7. The molecule has 0 aliphatic carbocycles. The average Bonchev–Trinajstić information content (AvgIpc) is 2.61. The van der Waals surface area contributed by atoms with Crippen LogP contribution in [0.15, 0.2) is 30.3 Å². The zero-order valence-electron chi connectivity index (χ0n) is 15.0. The Hall–Kier alpha value is -3.22. The van der Waals surface area contributed by atoms with Crippen molar-refractivity contribution in [1.82, 2.24) is 0 Å². The van der Waals surface area contributed by atoms with Crippen LogP contribution in [0.1, 0.15) is 21.5 Å². The number of methoxy groups -OCH3 is 2. The number of amides is 1.